The van der Waals surface area contributed by atoms with E-state index in [2.05, 4.69) is 138 Å². The molecule has 0 radical (unpaired) electrons. The Balaban J connectivity index is 1.61. The molecule has 0 fully saturated rings. The predicted molar refractivity (Wildman–Crippen MR) is 146 cm³/mol. The van der Waals surface area contributed by atoms with Crippen LogP contribution in [-0.4, -0.2) is 26.9 Å². The van der Waals surface area contributed by atoms with Crippen LogP contribution in [0.1, 0.15) is 25.0 Å². The molecule has 3 heterocycles. The number of rotatable bonds is 4. The van der Waals surface area contributed by atoms with E-state index in [1.165, 1.54) is 39.0 Å². The van der Waals surface area contributed by atoms with Gasteiger partial charge in [-0.15, -0.1) is 0 Å². The van der Waals surface area contributed by atoms with E-state index in [1.54, 1.807) is 0 Å². The number of hydrogen-bond donors (Lipinski definition) is 0. The summed E-state index contributed by atoms with van der Waals surface area (Å²) in [5.74, 6) is 1.03. The first-order chi connectivity index (χ1) is 17.1. The fourth-order valence-corrected chi connectivity index (χ4v) is 5.47. The molecule has 0 atom stereocenters. The number of aromatic nitrogens is 2. The fraction of sp³-hybridized carbons (Fsp3) is 0.125. The second kappa shape index (κ2) is 8.21. The first kappa shape index (κ1) is 21.3. The molecule has 1 aliphatic rings. The second-order valence-corrected chi connectivity index (χ2v) is 9.59. The van der Waals surface area contributed by atoms with Crippen molar-refractivity contribution in [1.82, 2.24) is 9.55 Å². The van der Waals surface area contributed by atoms with E-state index in [4.69, 9.17) is 0 Å². The average Bonchev–Trinajstić information content (AvgIpc) is 3.33. The highest BCUT2D eigenvalue weighted by atomic mass is 15.1. The van der Waals surface area contributed by atoms with E-state index in [0.717, 1.165) is 11.5 Å². The highest BCUT2D eigenvalue weighted by Crippen LogP contribution is 2.40. The molecule has 2 aromatic heterocycles. The lowest BCUT2D eigenvalue weighted by Crippen LogP contribution is -2.26. The van der Waals surface area contributed by atoms with Crippen LogP contribution in [-0.2, 0) is 5.41 Å². The molecule has 1 aliphatic heterocycles. The van der Waals surface area contributed by atoms with Crippen molar-refractivity contribution in [3.05, 3.63) is 120 Å². The third-order valence-electron chi connectivity index (χ3n) is 7.16. The normalized spacial score (nSPS) is 14.7. The quantitative estimate of drug-likeness (QED) is 0.259. The third-order valence-corrected chi connectivity index (χ3v) is 7.16. The standard InChI is InChI=1S/C32H28N3/c1-32(2)27-18-12-22-33-31(27)34(3)29(32)21-20-26-25-17-10-11-19-28(25)35(24-15-8-5-9-16-24)30(26)23-13-6-4-7-14-23/h4-22H,1-3H3/q+1. The van der Waals surface area contributed by atoms with E-state index in [9.17, 15) is 0 Å². The van der Waals surface area contributed by atoms with Gasteiger partial charge in [-0.3, -0.25) is 0 Å². The van der Waals surface area contributed by atoms with Gasteiger partial charge in [0.1, 0.15) is 11.9 Å². The largest absolute Gasteiger partial charge is 0.327 e. The van der Waals surface area contributed by atoms with E-state index in [1.807, 2.05) is 12.3 Å². The van der Waals surface area contributed by atoms with Crippen molar-refractivity contribution < 1.29 is 4.58 Å². The maximum atomic E-state index is 4.67. The molecule has 3 aromatic carbocycles. The van der Waals surface area contributed by atoms with Crippen LogP contribution in [0.15, 0.2) is 109 Å². The maximum Gasteiger partial charge on any atom is 0.327 e. The summed E-state index contributed by atoms with van der Waals surface area (Å²) in [4.78, 5) is 4.67. The zero-order chi connectivity index (χ0) is 24.0. The van der Waals surface area contributed by atoms with E-state index >= 15 is 0 Å². The van der Waals surface area contributed by atoms with Gasteiger partial charge in [0.25, 0.3) is 0 Å². The highest BCUT2D eigenvalue weighted by molar-refractivity contribution is 6.08. The molecule has 0 saturated heterocycles. The number of pyridine rings is 1. The summed E-state index contributed by atoms with van der Waals surface area (Å²) in [6.07, 6.45) is 6.45. The summed E-state index contributed by atoms with van der Waals surface area (Å²) in [5.41, 5.74) is 8.34. The molecule has 0 unspecified atom stereocenters. The highest BCUT2D eigenvalue weighted by Gasteiger charge is 2.41. The van der Waals surface area contributed by atoms with Gasteiger partial charge in [0, 0.05) is 16.6 Å². The lowest BCUT2D eigenvalue weighted by Gasteiger charge is -2.17. The molecule has 0 saturated carbocycles. The topological polar surface area (TPSA) is 20.8 Å². The Kier molecular flexibility index (Phi) is 5.00. The zero-order valence-corrected chi connectivity index (χ0v) is 20.3. The van der Waals surface area contributed by atoms with Crippen molar-refractivity contribution in [1.29, 1.82) is 0 Å². The summed E-state index contributed by atoms with van der Waals surface area (Å²) in [6.45, 7) is 4.56. The molecule has 0 spiro atoms. The van der Waals surface area contributed by atoms with Gasteiger partial charge in [0.05, 0.1) is 29.2 Å². The molecule has 35 heavy (non-hydrogen) atoms. The van der Waals surface area contributed by atoms with E-state index in [-0.39, 0.29) is 5.41 Å². The average molecular weight is 455 g/mol. The van der Waals surface area contributed by atoms with Gasteiger partial charge in [-0.25, -0.2) is 4.58 Å². The van der Waals surface area contributed by atoms with Gasteiger partial charge >= 0.3 is 5.82 Å². The molecule has 6 rings (SSSR count). The Morgan fingerprint density at radius 3 is 2.20 bits per heavy atom. The summed E-state index contributed by atoms with van der Waals surface area (Å²) < 4.78 is 4.61. The van der Waals surface area contributed by atoms with Crippen LogP contribution < -0.4 is 0 Å². The number of fused-ring (bicyclic) bond motifs is 2. The van der Waals surface area contributed by atoms with Crippen molar-refractivity contribution in [2.24, 2.45) is 0 Å². The van der Waals surface area contributed by atoms with Gasteiger partial charge in [0.2, 0.25) is 0 Å². The molecule has 3 nitrogen and oxygen atoms in total. The molecule has 170 valence electrons. The number of para-hydroxylation sites is 2. The van der Waals surface area contributed by atoms with Crippen LogP contribution in [0.4, 0.5) is 5.82 Å². The predicted octanol–water partition coefficient (Wildman–Crippen LogP) is 7.41. The Morgan fingerprint density at radius 1 is 0.771 bits per heavy atom. The van der Waals surface area contributed by atoms with E-state index in [0.29, 0.717) is 0 Å². The van der Waals surface area contributed by atoms with Gasteiger partial charge in [0.15, 0.2) is 0 Å². The Labute approximate surface area is 206 Å². The number of benzene rings is 3. The van der Waals surface area contributed by atoms with Crippen LogP contribution in [0.5, 0.6) is 0 Å². The Morgan fingerprint density at radius 2 is 1.46 bits per heavy atom. The minimum Gasteiger partial charge on any atom is -0.309 e. The van der Waals surface area contributed by atoms with Crippen LogP contribution in [0.2, 0.25) is 0 Å². The van der Waals surface area contributed by atoms with Crippen molar-refractivity contribution >= 4 is 28.5 Å². The number of allylic oxidation sites excluding steroid dienone is 1. The summed E-state index contributed by atoms with van der Waals surface area (Å²) in [7, 11) is 2.12. The lowest BCUT2D eigenvalue weighted by atomic mass is 9.82. The smallest absolute Gasteiger partial charge is 0.309 e. The molecule has 0 aliphatic carbocycles. The van der Waals surface area contributed by atoms with Crippen LogP contribution in [0.3, 0.4) is 0 Å². The third kappa shape index (κ3) is 3.35. The minimum atomic E-state index is -0.125. The number of hydrogen-bond acceptors (Lipinski definition) is 1. The maximum absolute atomic E-state index is 4.67. The summed E-state index contributed by atoms with van der Waals surface area (Å²) in [5, 5.41) is 1.24. The Hall–Kier alpha value is -4.24. The fourth-order valence-electron chi connectivity index (χ4n) is 5.47. The van der Waals surface area contributed by atoms with Crippen LogP contribution >= 0.6 is 0 Å². The van der Waals surface area contributed by atoms with Crippen LogP contribution in [0.25, 0.3) is 33.9 Å². The molecule has 5 aromatic rings. The molecule has 0 N–H and O–H groups in total. The SMILES string of the molecule is C[N+]1=C(/C=C/c2c(-c3ccccc3)n(-c3ccccc3)c3ccccc23)C(C)(C)c2cccnc21. The molecular formula is C32H28N3+. The van der Waals surface area contributed by atoms with Crippen molar-refractivity contribution in [3.8, 4) is 16.9 Å². The van der Waals surface area contributed by atoms with Crippen molar-refractivity contribution in [2.45, 2.75) is 19.3 Å². The second-order valence-electron chi connectivity index (χ2n) is 9.59. The zero-order valence-electron chi connectivity index (χ0n) is 20.3. The van der Waals surface area contributed by atoms with Crippen molar-refractivity contribution in [3.63, 3.8) is 0 Å². The van der Waals surface area contributed by atoms with Gasteiger partial charge in [-0.05, 0) is 66.9 Å². The molecule has 0 bridgehead atoms. The number of nitrogens with zero attached hydrogens (tertiary/aromatic N) is 3. The summed E-state index contributed by atoms with van der Waals surface area (Å²) in [6, 6.07) is 34.2. The first-order valence-electron chi connectivity index (χ1n) is 12.1. The monoisotopic (exact) mass is 454 g/mol. The minimum absolute atomic E-state index is 0.125. The molecular weight excluding hydrogens is 426 g/mol. The van der Waals surface area contributed by atoms with Gasteiger partial charge in [-0.1, -0.05) is 66.7 Å². The lowest BCUT2D eigenvalue weighted by molar-refractivity contribution is -0.405. The van der Waals surface area contributed by atoms with Crippen LogP contribution in [0, 0.1) is 0 Å². The first-order valence-corrected chi connectivity index (χ1v) is 12.1. The Bertz CT molecular complexity index is 1600. The van der Waals surface area contributed by atoms with Gasteiger partial charge < -0.3 is 4.57 Å². The molecule has 3 heteroatoms. The van der Waals surface area contributed by atoms with Crippen molar-refractivity contribution in [2.75, 3.05) is 7.05 Å². The van der Waals surface area contributed by atoms with E-state index < -0.39 is 0 Å². The molecule has 0 amide bonds. The van der Waals surface area contributed by atoms with Gasteiger partial charge in [-0.2, -0.15) is 0 Å². The summed E-state index contributed by atoms with van der Waals surface area (Å²) >= 11 is 0.